The Balaban J connectivity index is 2.41. The zero-order valence-corrected chi connectivity index (χ0v) is 13.7. The lowest BCUT2D eigenvalue weighted by Crippen LogP contribution is -2.24. The van der Waals surface area contributed by atoms with E-state index in [2.05, 4.69) is 4.36 Å². The Morgan fingerprint density at radius 1 is 1.38 bits per heavy atom. The molecule has 2 rings (SSSR count). The molecule has 1 aliphatic carbocycles. The van der Waals surface area contributed by atoms with E-state index in [0.717, 1.165) is 42.6 Å². The quantitative estimate of drug-likeness (QED) is 0.914. The zero-order chi connectivity index (χ0) is 15.3. The second-order valence-electron chi connectivity index (χ2n) is 5.58. The van der Waals surface area contributed by atoms with Crippen molar-refractivity contribution >= 4 is 9.73 Å². The maximum atomic E-state index is 13.2. The highest BCUT2D eigenvalue weighted by Gasteiger charge is 2.26. The van der Waals surface area contributed by atoms with Gasteiger partial charge in [0, 0.05) is 18.4 Å². The summed E-state index contributed by atoms with van der Waals surface area (Å²) in [5.74, 6) is 0.134. The highest BCUT2D eigenvalue weighted by Crippen LogP contribution is 2.34. The van der Waals surface area contributed by atoms with Crippen LogP contribution < -0.4 is 0 Å². The zero-order valence-electron chi connectivity index (χ0n) is 12.9. The maximum Gasteiger partial charge on any atom is 0.0966 e. The highest BCUT2D eigenvalue weighted by molar-refractivity contribution is 7.96. The standard InChI is InChI=1S/C17H25NO2S/c1-3-17(19)16-12-8-7-9-14(16)13-21(20,18-2)15-10-5-4-6-11-15/h4-6,10-11,13,16-17,19H,3,7-9,12H2,1-2H3/b14-13-/t16-,17+,21?/m1/s1. The van der Waals surface area contributed by atoms with Crippen LogP contribution in [0.1, 0.15) is 39.0 Å². The summed E-state index contributed by atoms with van der Waals surface area (Å²) in [6.45, 7) is 2.00. The maximum absolute atomic E-state index is 13.2. The molecule has 3 atom stereocenters. The van der Waals surface area contributed by atoms with Gasteiger partial charge >= 0.3 is 0 Å². The van der Waals surface area contributed by atoms with Gasteiger partial charge < -0.3 is 5.11 Å². The van der Waals surface area contributed by atoms with Gasteiger partial charge in [-0.05, 0) is 37.8 Å². The number of benzene rings is 1. The summed E-state index contributed by atoms with van der Waals surface area (Å²) < 4.78 is 17.3. The molecule has 1 N–H and O–H groups in total. The van der Waals surface area contributed by atoms with Gasteiger partial charge in [0.25, 0.3) is 0 Å². The third-order valence-corrected chi connectivity index (χ3v) is 6.37. The summed E-state index contributed by atoms with van der Waals surface area (Å²) >= 11 is 0. The average molecular weight is 307 g/mol. The summed E-state index contributed by atoms with van der Waals surface area (Å²) in [5.41, 5.74) is 1.12. The van der Waals surface area contributed by atoms with Gasteiger partial charge in [0.15, 0.2) is 0 Å². The first-order chi connectivity index (χ1) is 10.1. The van der Waals surface area contributed by atoms with Gasteiger partial charge in [0.2, 0.25) is 0 Å². The Hall–Kier alpha value is -1.13. The van der Waals surface area contributed by atoms with Crippen LogP contribution in [0.25, 0.3) is 0 Å². The molecule has 4 heteroatoms. The minimum absolute atomic E-state index is 0.134. The SMILES string of the molecule is CC[C@H](O)[C@@H]1CCCC/C1=C/S(=O)(=NC)c1ccccc1. The van der Waals surface area contributed by atoms with Crippen molar-refractivity contribution in [3.05, 3.63) is 41.3 Å². The van der Waals surface area contributed by atoms with E-state index in [1.54, 1.807) is 7.05 Å². The van der Waals surface area contributed by atoms with Crippen molar-refractivity contribution in [1.29, 1.82) is 0 Å². The van der Waals surface area contributed by atoms with Crippen LogP contribution in [0.4, 0.5) is 0 Å². The van der Waals surface area contributed by atoms with E-state index in [9.17, 15) is 9.32 Å². The Morgan fingerprint density at radius 2 is 2.10 bits per heavy atom. The van der Waals surface area contributed by atoms with Gasteiger partial charge in [-0.2, -0.15) is 0 Å². The summed E-state index contributed by atoms with van der Waals surface area (Å²) in [5, 5.41) is 12.1. The van der Waals surface area contributed by atoms with Gasteiger partial charge in [-0.25, -0.2) is 8.57 Å². The van der Waals surface area contributed by atoms with Crippen LogP contribution in [0.2, 0.25) is 0 Å². The molecule has 0 spiro atoms. The fraction of sp³-hybridized carbons (Fsp3) is 0.529. The molecule has 1 fully saturated rings. The highest BCUT2D eigenvalue weighted by atomic mass is 32.2. The van der Waals surface area contributed by atoms with E-state index >= 15 is 0 Å². The Labute approximate surface area is 128 Å². The summed E-state index contributed by atoms with van der Waals surface area (Å²) in [7, 11) is -0.916. The fourth-order valence-electron chi connectivity index (χ4n) is 2.98. The number of nitrogens with zero attached hydrogens (tertiary/aromatic N) is 1. The summed E-state index contributed by atoms with van der Waals surface area (Å²) in [6.07, 6.45) is 4.53. The topological polar surface area (TPSA) is 49.7 Å². The lowest BCUT2D eigenvalue weighted by molar-refractivity contribution is 0.107. The van der Waals surface area contributed by atoms with E-state index < -0.39 is 9.73 Å². The Bertz CT molecular complexity index is 600. The minimum Gasteiger partial charge on any atom is -0.393 e. The third kappa shape index (κ3) is 3.74. The van der Waals surface area contributed by atoms with Crippen LogP contribution in [0.15, 0.2) is 50.6 Å². The van der Waals surface area contributed by atoms with Crippen molar-refractivity contribution in [2.24, 2.45) is 10.3 Å². The predicted molar refractivity (Wildman–Crippen MR) is 87.5 cm³/mol. The first-order valence-corrected chi connectivity index (χ1v) is 9.27. The Morgan fingerprint density at radius 3 is 2.71 bits per heavy atom. The van der Waals surface area contributed by atoms with E-state index in [-0.39, 0.29) is 12.0 Å². The van der Waals surface area contributed by atoms with Crippen LogP contribution in [0.3, 0.4) is 0 Å². The molecule has 0 saturated heterocycles. The van der Waals surface area contributed by atoms with Crippen LogP contribution in [-0.2, 0) is 9.73 Å². The largest absolute Gasteiger partial charge is 0.393 e. The Kier molecular flexibility index (Phi) is 5.59. The normalized spacial score (nSPS) is 25.3. The van der Waals surface area contributed by atoms with Gasteiger partial charge in [0.05, 0.1) is 20.7 Å². The molecule has 0 aliphatic heterocycles. The molecule has 21 heavy (non-hydrogen) atoms. The molecule has 0 bridgehead atoms. The second-order valence-corrected chi connectivity index (χ2v) is 7.79. The smallest absolute Gasteiger partial charge is 0.0966 e. The van der Waals surface area contributed by atoms with E-state index in [1.165, 1.54) is 0 Å². The molecule has 0 radical (unpaired) electrons. The summed E-state index contributed by atoms with van der Waals surface area (Å²) in [6, 6.07) is 9.41. The molecule has 1 saturated carbocycles. The fourth-order valence-corrected chi connectivity index (χ4v) is 4.68. The summed E-state index contributed by atoms with van der Waals surface area (Å²) in [4.78, 5) is 0.746. The van der Waals surface area contributed by atoms with Crippen molar-refractivity contribution in [1.82, 2.24) is 0 Å². The van der Waals surface area contributed by atoms with Crippen LogP contribution in [-0.4, -0.2) is 22.5 Å². The lowest BCUT2D eigenvalue weighted by atomic mass is 9.81. The molecule has 1 aromatic carbocycles. The molecular weight excluding hydrogens is 282 g/mol. The van der Waals surface area contributed by atoms with Crippen LogP contribution >= 0.6 is 0 Å². The molecule has 116 valence electrons. The van der Waals surface area contributed by atoms with Crippen molar-refractivity contribution in [3.8, 4) is 0 Å². The van der Waals surface area contributed by atoms with Gasteiger partial charge in [-0.15, -0.1) is 0 Å². The molecule has 1 aliphatic rings. The van der Waals surface area contributed by atoms with Crippen molar-refractivity contribution < 1.29 is 9.32 Å². The number of hydrogen-bond donors (Lipinski definition) is 1. The van der Waals surface area contributed by atoms with Gasteiger partial charge in [-0.3, -0.25) is 0 Å². The molecular formula is C17H25NO2S. The third-order valence-electron chi connectivity index (χ3n) is 4.25. The minimum atomic E-state index is -2.53. The first-order valence-electron chi connectivity index (χ1n) is 7.69. The number of aliphatic hydroxyl groups is 1. The van der Waals surface area contributed by atoms with Crippen molar-refractivity contribution in [2.45, 2.75) is 50.0 Å². The monoisotopic (exact) mass is 307 g/mol. The van der Waals surface area contributed by atoms with Gasteiger partial charge in [0.1, 0.15) is 0 Å². The first kappa shape index (κ1) is 16.2. The molecule has 0 aromatic heterocycles. The molecule has 1 aromatic rings. The van der Waals surface area contributed by atoms with Gasteiger partial charge in [-0.1, -0.05) is 37.1 Å². The molecule has 1 unspecified atom stereocenters. The van der Waals surface area contributed by atoms with Crippen molar-refractivity contribution in [2.75, 3.05) is 7.05 Å². The predicted octanol–water partition coefficient (Wildman–Crippen LogP) is 3.99. The van der Waals surface area contributed by atoms with E-state index in [1.807, 2.05) is 42.7 Å². The molecule has 0 amide bonds. The number of rotatable bonds is 4. The second kappa shape index (κ2) is 7.23. The number of aliphatic hydroxyl groups excluding tert-OH is 1. The van der Waals surface area contributed by atoms with E-state index in [4.69, 9.17) is 0 Å². The van der Waals surface area contributed by atoms with Crippen LogP contribution in [0.5, 0.6) is 0 Å². The average Bonchev–Trinajstić information content (AvgIpc) is 2.55. The van der Waals surface area contributed by atoms with Crippen molar-refractivity contribution in [3.63, 3.8) is 0 Å². The van der Waals surface area contributed by atoms with Crippen LogP contribution in [0, 0.1) is 5.92 Å². The molecule has 0 heterocycles. The lowest BCUT2D eigenvalue weighted by Gasteiger charge is -2.29. The van der Waals surface area contributed by atoms with E-state index in [0.29, 0.717) is 0 Å². The number of hydrogen-bond acceptors (Lipinski definition) is 3. The molecule has 3 nitrogen and oxygen atoms in total.